The summed E-state index contributed by atoms with van der Waals surface area (Å²) in [4.78, 5) is 38.1. The predicted molar refractivity (Wildman–Crippen MR) is 107 cm³/mol. The molecule has 0 saturated carbocycles. The van der Waals surface area contributed by atoms with Gasteiger partial charge in [-0.05, 0) is 48.9 Å². The quantitative estimate of drug-likeness (QED) is 0.672. The Bertz CT molecular complexity index is 933. The number of hydrogen-bond acceptors (Lipinski definition) is 4. The topological polar surface area (TPSA) is 108 Å². The van der Waals surface area contributed by atoms with Crippen LogP contribution in [0.4, 0.5) is 14.9 Å². The van der Waals surface area contributed by atoms with Gasteiger partial charge in [0.25, 0.3) is 0 Å². The van der Waals surface area contributed by atoms with E-state index >= 15 is 0 Å². The number of nitrogens with one attached hydrogen (secondary N) is 2. The van der Waals surface area contributed by atoms with E-state index < -0.39 is 41.7 Å². The molecular weight excluding hydrogens is 393 g/mol. The zero-order chi connectivity index (χ0) is 21.8. The first-order valence-corrected chi connectivity index (χ1v) is 9.30. The number of methoxy groups -OCH3 is 1. The molecule has 0 aliphatic carbocycles. The van der Waals surface area contributed by atoms with Crippen molar-refractivity contribution in [3.05, 3.63) is 59.9 Å². The zero-order valence-electron chi connectivity index (χ0n) is 16.5. The second-order valence-electron chi connectivity index (χ2n) is 6.97. The summed E-state index contributed by atoms with van der Waals surface area (Å²) in [5.74, 6) is -1.88. The molecular formula is C21H22FN3O5. The maximum atomic E-state index is 13.0. The third-order valence-corrected chi connectivity index (χ3v) is 5.10. The highest BCUT2D eigenvalue weighted by molar-refractivity contribution is 5.96. The van der Waals surface area contributed by atoms with Crippen LogP contribution in [0.1, 0.15) is 18.4 Å². The van der Waals surface area contributed by atoms with E-state index in [0.717, 1.165) is 5.56 Å². The number of carboxylic acids is 1. The molecule has 0 aromatic heterocycles. The lowest BCUT2D eigenvalue weighted by molar-refractivity contribution is -0.147. The molecule has 3 amide bonds. The molecule has 2 aromatic carbocycles. The van der Waals surface area contributed by atoms with Crippen molar-refractivity contribution >= 4 is 23.6 Å². The largest absolute Gasteiger partial charge is 0.497 e. The second-order valence-corrected chi connectivity index (χ2v) is 6.97. The van der Waals surface area contributed by atoms with Gasteiger partial charge in [0.05, 0.1) is 7.11 Å². The third-order valence-electron chi connectivity index (χ3n) is 5.10. The van der Waals surface area contributed by atoms with Crippen LogP contribution < -0.4 is 15.4 Å². The van der Waals surface area contributed by atoms with Gasteiger partial charge in [0, 0.05) is 18.2 Å². The standard InChI is InChI=1S/C21H22FN3O5/c1-12(20(27)28)25-11-17(13-3-9-16(30-2)10-4-13)18(19(25)26)24-21(29)23-15-7-5-14(22)6-8-15/h3-10,12,17-18H,11H2,1-2H3,(H,27,28)(H2,23,24,29)/t12?,17-,18-/m0/s1. The van der Waals surface area contributed by atoms with Gasteiger partial charge < -0.3 is 25.4 Å². The van der Waals surface area contributed by atoms with E-state index in [1.54, 1.807) is 24.3 Å². The van der Waals surface area contributed by atoms with Crippen LogP contribution in [-0.4, -0.2) is 53.7 Å². The average Bonchev–Trinajstić information content (AvgIpc) is 3.05. The normalized spacial score (nSPS) is 19.3. The number of carbonyl (C=O) groups excluding carboxylic acids is 2. The summed E-state index contributed by atoms with van der Waals surface area (Å²) >= 11 is 0. The first-order valence-electron chi connectivity index (χ1n) is 9.30. The number of ether oxygens (including phenoxy) is 1. The van der Waals surface area contributed by atoms with Crippen LogP contribution in [0.3, 0.4) is 0 Å². The molecule has 1 saturated heterocycles. The van der Waals surface area contributed by atoms with Gasteiger partial charge in [0.2, 0.25) is 5.91 Å². The number of likely N-dealkylation sites (tertiary alicyclic amines) is 1. The minimum Gasteiger partial charge on any atom is -0.497 e. The lowest BCUT2D eigenvalue weighted by atomic mass is 9.94. The highest BCUT2D eigenvalue weighted by Crippen LogP contribution is 2.31. The number of rotatable bonds is 6. The molecule has 1 aliphatic heterocycles. The second kappa shape index (κ2) is 8.81. The van der Waals surface area contributed by atoms with Gasteiger partial charge in [0.15, 0.2) is 0 Å². The number of aliphatic carboxylic acids is 1. The Labute approximate surface area is 172 Å². The molecule has 1 fully saturated rings. The van der Waals surface area contributed by atoms with Crippen LogP contribution in [0.25, 0.3) is 0 Å². The van der Waals surface area contributed by atoms with Gasteiger partial charge in [-0.2, -0.15) is 0 Å². The van der Waals surface area contributed by atoms with Gasteiger partial charge in [-0.3, -0.25) is 4.79 Å². The van der Waals surface area contributed by atoms with Crippen LogP contribution >= 0.6 is 0 Å². The number of urea groups is 1. The average molecular weight is 415 g/mol. The number of nitrogens with zero attached hydrogens (tertiary/aromatic N) is 1. The molecule has 2 aromatic rings. The fourth-order valence-corrected chi connectivity index (χ4v) is 3.39. The summed E-state index contributed by atoms with van der Waals surface area (Å²) < 4.78 is 18.2. The van der Waals surface area contributed by atoms with Crippen molar-refractivity contribution in [3.8, 4) is 5.75 Å². The number of amides is 3. The Hall–Kier alpha value is -3.62. The summed E-state index contributed by atoms with van der Waals surface area (Å²) in [6, 6.07) is 9.57. The summed E-state index contributed by atoms with van der Waals surface area (Å²) in [5, 5.41) is 14.5. The van der Waals surface area contributed by atoms with Crippen LogP contribution in [-0.2, 0) is 9.59 Å². The fourth-order valence-electron chi connectivity index (χ4n) is 3.39. The molecule has 0 bridgehead atoms. The van der Waals surface area contributed by atoms with Crippen molar-refractivity contribution < 1.29 is 28.6 Å². The number of halogens is 1. The number of carboxylic acid groups (broad SMARTS) is 1. The van der Waals surface area contributed by atoms with Gasteiger partial charge in [0.1, 0.15) is 23.7 Å². The molecule has 1 aliphatic rings. The molecule has 3 N–H and O–H groups in total. The third kappa shape index (κ3) is 4.51. The highest BCUT2D eigenvalue weighted by Gasteiger charge is 2.45. The molecule has 8 nitrogen and oxygen atoms in total. The molecule has 1 heterocycles. The molecule has 9 heteroatoms. The van der Waals surface area contributed by atoms with Crippen molar-refractivity contribution in [1.82, 2.24) is 10.2 Å². The van der Waals surface area contributed by atoms with Gasteiger partial charge >= 0.3 is 12.0 Å². The van der Waals surface area contributed by atoms with E-state index in [1.165, 1.54) is 43.2 Å². The van der Waals surface area contributed by atoms with Gasteiger partial charge in [-0.1, -0.05) is 12.1 Å². The SMILES string of the molecule is COc1ccc([C@@H]2CN(C(C)C(=O)O)C(=O)[C@H]2NC(=O)Nc2ccc(F)cc2)cc1. The number of benzene rings is 2. The summed E-state index contributed by atoms with van der Waals surface area (Å²) in [7, 11) is 1.54. The molecule has 30 heavy (non-hydrogen) atoms. The molecule has 158 valence electrons. The molecule has 1 unspecified atom stereocenters. The minimum atomic E-state index is -1.13. The van der Waals surface area contributed by atoms with Crippen LogP contribution in [0.2, 0.25) is 0 Å². The maximum Gasteiger partial charge on any atom is 0.326 e. The number of anilines is 1. The van der Waals surface area contributed by atoms with Crippen molar-refractivity contribution in [3.63, 3.8) is 0 Å². The van der Waals surface area contributed by atoms with E-state index in [9.17, 15) is 23.9 Å². The fraction of sp³-hybridized carbons (Fsp3) is 0.286. The molecule has 3 rings (SSSR count). The van der Waals surface area contributed by atoms with E-state index in [1.807, 2.05) is 0 Å². The number of hydrogen-bond donors (Lipinski definition) is 3. The Morgan fingerprint density at radius 3 is 2.37 bits per heavy atom. The summed E-state index contributed by atoms with van der Waals surface area (Å²) in [5.41, 5.74) is 1.12. The Kier molecular flexibility index (Phi) is 6.20. The van der Waals surface area contributed by atoms with E-state index in [4.69, 9.17) is 4.74 Å². The molecule has 0 spiro atoms. The van der Waals surface area contributed by atoms with Gasteiger partial charge in [-0.15, -0.1) is 0 Å². The van der Waals surface area contributed by atoms with E-state index in [2.05, 4.69) is 10.6 Å². The molecule has 0 radical (unpaired) electrons. The lowest BCUT2D eigenvalue weighted by Crippen LogP contribution is -2.47. The van der Waals surface area contributed by atoms with Crippen molar-refractivity contribution in [2.75, 3.05) is 19.0 Å². The van der Waals surface area contributed by atoms with Crippen LogP contribution in [0.15, 0.2) is 48.5 Å². The summed E-state index contributed by atoms with van der Waals surface area (Å²) in [6.07, 6.45) is 0. The van der Waals surface area contributed by atoms with Crippen molar-refractivity contribution in [2.45, 2.75) is 24.9 Å². The Morgan fingerprint density at radius 2 is 1.80 bits per heavy atom. The Morgan fingerprint density at radius 1 is 1.17 bits per heavy atom. The highest BCUT2D eigenvalue weighted by atomic mass is 19.1. The minimum absolute atomic E-state index is 0.139. The monoisotopic (exact) mass is 415 g/mol. The van der Waals surface area contributed by atoms with Gasteiger partial charge in [-0.25, -0.2) is 14.0 Å². The zero-order valence-corrected chi connectivity index (χ0v) is 16.5. The summed E-state index contributed by atoms with van der Waals surface area (Å²) in [6.45, 7) is 1.56. The van der Waals surface area contributed by atoms with Crippen LogP contribution in [0, 0.1) is 5.82 Å². The van der Waals surface area contributed by atoms with Crippen LogP contribution in [0.5, 0.6) is 5.75 Å². The van der Waals surface area contributed by atoms with E-state index in [0.29, 0.717) is 11.4 Å². The van der Waals surface area contributed by atoms with Crippen molar-refractivity contribution in [2.24, 2.45) is 0 Å². The maximum absolute atomic E-state index is 13.0. The first kappa shape index (κ1) is 21.1. The lowest BCUT2D eigenvalue weighted by Gasteiger charge is -2.21. The smallest absolute Gasteiger partial charge is 0.326 e. The number of carbonyl (C=O) groups is 3. The van der Waals surface area contributed by atoms with E-state index in [-0.39, 0.29) is 6.54 Å². The first-order chi connectivity index (χ1) is 14.3. The molecule has 3 atom stereocenters. The Balaban J connectivity index is 1.82. The van der Waals surface area contributed by atoms with Crippen molar-refractivity contribution in [1.29, 1.82) is 0 Å². The predicted octanol–water partition coefficient (Wildman–Crippen LogP) is 2.42.